The number of carbonyl (C=O) groups excluding carboxylic acids is 1. The number of benzene rings is 1. The fourth-order valence-electron chi connectivity index (χ4n) is 1.99. The third-order valence-electron chi connectivity index (χ3n) is 3.21. The topological polar surface area (TPSA) is 90.3 Å². The number of anilines is 1. The highest BCUT2D eigenvalue weighted by atomic mass is 35.5. The van der Waals surface area contributed by atoms with E-state index in [1.54, 1.807) is 6.92 Å². The molecule has 0 bridgehead atoms. The van der Waals surface area contributed by atoms with Gasteiger partial charge in [-0.3, -0.25) is 9.40 Å². The lowest BCUT2D eigenvalue weighted by molar-refractivity contribution is -0.137. The summed E-state index contributed by atoms with van der Waals surface area (Å²) in [5.74, 6) is -1.02. The summed E-state index contributed by atoms with van der Waals surface area (Å²) in [4.78, 5) is 11.3. The molecule has 0 unspecified atom stereocenters. The van der Waals surface area contributed by atoms with Gasteiger partial charge in [0.05, 0.1) is 23.4 Å². The Morgan fingerprint density at radius 3 is 2.58 bits per heavy atom. The van der Waals surface area contributed by atoms with Crippen LogP contribution in [-0.2, 0) is 28.0 Å². The molecule has 0 spiro atoms. The molecule has 12 heteroatoms. The van der Waals surface area contributed by atoms with Crippen LogP contribution in [-0.4, -0.2) is 30.8 Å². The number of rotatable bonds is 5. The Labute approximate surface area is 151 Å². The number of hydrogen-bond acceptors (Lipinski definition) is 5. The van der Waals surface area contributed by atoms with Gasteiger partial charge in [-0.05, 0) is 25.1 Å². The summed E-state index contributed by atoms with van der Waals surface area (Å²) in [5.41, 5.74) is -1.24. The fraction of sp³-hybridized carbons (Fsp3) is 0.286. The van der Waals surface area contributed by atoms with Crippen LogP contribution >= 0.6 is 11.6 Å². The summed E-state index contributed by atoms with van der Waals surface area (Å²) >= 11 is 5.72. The van der Waals surface area contributed by atoms with Crippen molar-refractivity contribution in [2.24, 2.45) is 7.05 Å². The van der Waals surface area contributed by atoms with E-state index < -0.39 is 37.7 Å². The first-order chi connectivity index (χ1) is 12.0. The molecule has 0 aliphatic rings. The molecule has 0 amide bonds. The van der Waals surface area contributed by atoms with Crippen LogP contribution in [0.25, 0.3) is 0 Å². The number of alkyl halides is 3. The van der Waals surface area contributed by atoms with Crippen LogP contribution < -0.4 is 4.72 Å². The molecule has 2 rings (SSSR count). The number of nitrogens with one attached hydrogen (secondary N) is 1. The van der Waals surface area contributed by atoms with E-state index in [1.807, 2.05) is 0 Å². The van der Waals surface area contributed by atoms with Crippen molar-refractivity contribution in [2.45, 2.75) is 18.0 Å². The molecule has 0 fully saturated rings. The lowest BCUT2D eigenvalue weighted by atomic mass is 10.2. The van der Waals surface area contributed by atoms with Crippen molar-refractivity contribution in [1.29, 1.82) is 0 Å². The van der Waals surface area contributed by atoms with Gasteiger partial charge < -0.3 is 4.74 Å². The molecule has 2 aromatic rings. The van der Waals surface area contributed by atoms with Gasteiger partial charge in [-0.1, -0.05) is 11.6 Å². The van der Waals surface area contributed by atoms with Crippen molar-refractivity contribution < 1.29 is 31.1 Å². The third kappa shape index (κ3) is 4.10. The molecular weight excluding hydrogens is 399 g/mol. The molecule has 0 aliphatic carbocycles. The van der Waals surface area contributed by atoms with Crippen LogP contribution in [0.2, 0.25) is 5.02 Å². The first-order valence-electron chi connectivity index (χ1n) is 7.06. The van der Waals surface area contributed by atoms with Crippen LogP contribution in [0.5, 0.6) is 0 Å². The predicted molar refractivity (Wildman–Crippen MR) is 86.4 cm³/mol. The number of carbonyl (C=O) groups is 1. The number of halogens is 4. The van der Waals surface area contributed by atoms with Crippen molar-refractivity contribution in [2.75, 3.05) is 11.3 Å². The number of hydrogen-bond donors (Lipinski definition) is 1. The first kappa shape index (κ1) is 20.0. The average Bonchev–Trinajstić information content (AvgIpc) is 2.87. The number of ether oxygens (including phenoxy) is 1. The van der Waals surface area contributed by atoms with Crippen LogP contribution in [0.3, 0.4) is 0 Å². The molecule has 1 heterocycles. The van der Waals surface area contributed by atoms with Crippen LogP contribution in [0.4, 0.5) is 19.0 Å². The Hall–Kier alpha value is -2.27. The number of esters is 1. The molecule has 7 nitrogen and oxygen atoms in total. The molecule has 0 saturated carbocycles. The second kappa shape index (κ2) is 7.16. The summed E-state index contributed by atoms with van der Waals surface area (Å²) in [6, 6.07) is 1.83. The Morgan fingerprint density at radius 1 is 1.38 bits per heavy atom. The zero-order valence-corrected chi connectivity index (χ0v) is 15.0. The van der Waals surface area contributed by atoms with E-state index in [-0.39, 0.29) is 18.0 Å². The lowest BCUT2D eigenvalue weighted by Crippen LogP contribution is -2.19. The van der Waals surface area contributed by atoms with Crippen LogP contribution in [0, 0.1) is 0 Å². The molecule has 1 aromatic heterocycles. The lowest BCUT2D eigenvalue weighted by Gasteiger charge is -2.13. The van der Waals surface area contributed by atoms with E-state index in [0.717, 1.165) is 16.9 Å². The van der Waals surface area contributed by atoms with Gasteiger partial charge >= 0.3 is 12.1 Å². The van der Waals surface area contributed by atoms with Gasteiger partial charge in [0.25, 0.3) is 10.0 Å². The zero-order chi connectivity index (χ0) is 19.7. The number of aromatic nitrogens is 2. The minimum absolute atomic E-state index is 0.0602. The van der Waals surface area contributed by atoms with Gasteiger partial charge in [0.15, 0.2) is 5.82 Å². The maximum atomic E-state index is 12.7. The first-order valence-corrected chi connectivity index (χ1v) is 8.92. The number of aryl methyl sites for hydroxylation is 1. The van der Waals surface area contributed by atoms with Crippen molar-refractivity contribution in [1.82, 2.24) is 9.78 Å². The molecule has 1 aromatic carbocycles. The maximum Gasteiger partial charge on any atom is 0.416 e. The minimum atomic E-state index is -4.67. The second-order valence-electron chi connectivity index (χ2n) is 5.00. The van der Waals surface area contributed by atoms with E-state index in [0.29, 0.717) is 12.1 Å². The van der Waals surface area contributed by atoms with Crippen molar-refractivity contribution in [3.05, 3.63) is 40.5 Å². The Bertz CT molecular complexity index is 941. The molecule has 1 N–H and O–H groups in total. The highest BCUT2D eigenvalue weighted by Crippen LogP contribution is 2.34. The van der Waals surface area contributed by atoms with Crippen molar-refractivity contribution >= 4 is 33.4 Å². The van der Waals surface area contributed by atoms with E-state index >= 15 is 0 Å². The molecule has 142 valence electrons. The Kier molecular flexibility index (Phi) is 5.52. The molecule has 26 heavy (non-hydrogen) atoms. The summed E-state index contributed by atoms with van der Waals surface area (Å²) in [6.07, 6.45) is -3.57. The van der Waals surface area contributed by atoms with E-state index in [1.165, 1.54) is 7.05 Å². The van der Waals surface area contributed by atoms with Gasteiger partial charge in [-0.25, -0.2) is 13.2 Å². The van der Waals surface area contributed by atoms with Crippen molar-refractivity contribution in [3.63, 3.8) is 0 Å². The molecular formula is C14H13ClF3N3O4S. The summed E-state index contributed by atoms with van der Waals surface area (Å²) in [6.45, 7) is 1.63. The monoisotopic (exact) mass is 411 g/mol. The fourth-order valence-corrected chi connectivity index (χ4v) is 3.65. The molecule has 0 radical (unpaired) electrons. The second-order valence-corrected chi connectivity index (χ2v) is 7.06. The highest BCUT2D eigenvalue weighted by Gasteiger charge is 2.32. The van der Waals surface area contributed by atoms with Crippen LogP contribution in [0.15, 0.2) is 29.3 Å². The molecule has 0 aliphatic heterocycles. The predicted octanol–water partition coefficient (Wildman–Crippen LogP) is 3.07. The Morgan fingerprint density at radius 2 is 2.04 bits per heavy atom. The Balaban J connectivity index is 2.42. The van der Waals surface area contributed by atoms with E-state index in [4.69, 9.17) is 16.3 Å². The van der Waals surface area contributed by atoms with Gasteiger partial charge in [-0.2, -0.15) is 18.3 Å². The summed E-state index contributed by atoms with van der Waals surface area (Å²) < 4.78 is 71.0. The van der Waals surface area contributed by atoms with Gasteiger partial charge in [0.1, 0.15) is 10.5 Å². The van der Waals surface area contributed by atoms with E-state index in [2.05, 4.69) is 9.82 Å². The number of nitrogens with zero attached hydrogens (tertiary/aromatic N) is 2. The SMILES string of the molecule is CCOC(=O)c1cnn(C)c1NS(=O)(=O)c1ccc(C(F)(F)F)cc1Cl. The van der Waals surface area contributed by atoms with Gasteiger partial charge in [-0.15, -0.1) is 0 Å². The minimum Gasteiger partial charge on any atom is -0.462 e. The van der Waals surface area contributed by atoms with Gasteiger partial charge in [0, 0.05) is 7.05 Å². The smallest absolute Gasteiger partial charge is 0.416 e. The van der Waals surface area contributed by atoms with Crippen molar-refractivity contribution in [3.8, 4) is 0 Å². The van der Waals surface area contributed by atoms with E-state index in [9.17, 15) is 26.4 Å². The standard InChI is InChI=1S/C14H13ClF3N3O4S/c1-3-25-13(22)9-7-19-21(2)12(9)20-26(23,24)11-5-4-8(6-10(11)15)14(16,17)18/h4-7,20H,3H2,1-2H3. The normalized spacial score (nSPS) is 12.1. The molecule has 0 saturated heterocycles. The zero-order valence-electron chi connectivity index (χ0n) is 13.5. The van der Waals surface area contributed by atoms with Crippen LogP contribution in [0.1, 0.15) is 22.8 Å². The maximum absolute atomic E-state index is 12.7. The average molecular weight is 412 g/mol. The largest absolute Gasteiger partial charge is 0.462 e. The number of sulfonamides is 1. The third-order valence-corrected chi connectivity index (χ3v) is 5.04. The summed E-state index contributed by atoms with van der Waals surface area (Å²) in [7, 11) is -3.02. The summed E-state index contributed by atoms with van der Waals surface area (Å²) in [5, 5.41) is 3.16. The highest BCUT2D eigenvalue weighted by molar-refractivity contribution is 7.92. The quantitative estimate of drug-likeness (QED) is 0.763. The van der Waals surface area contributed by atoms with Gasteiger partial charge in [0.2, 0.25) is 0 Å². The molecule has 0 atom stereocenters.